The van der Waals surface area contributed by atoms with Crippen LogP contribution in [-0.2, 0) is 28.5 Å². The molecule has 0 spiro atoms. The van der Waals surface area contributed by atoms with E-state index in [-0.39, 0.29) is 32.0 Å². The predicted molar refractivity (Wildman–Crippen MR) is 95.9 cm³/mol. The maximum absolute atomic E-state index is 13.2. The summed E-state index contributed by atoms with van der Waals surface area (Å²) in [6, 6.07) is 5.72. The fraction of sp³-hybridized carbons (Fsp3) is 0.579. The minimum absolute atomic E-state index is 0.0289. The molecule has 1 saturated heterocycles. The molecule has 1 aromatic rings. The second-order valence-corrected chi connectivity index (χ2v) is 6.74. The maximum atomic E-state index is 13.2. The molecule has 0 saturated carbocycles. The summed E-state index contributed by atoms with van der Waals surface area (Å²) in [5.41, 5.74) is -0.944. The first-order chi connectivity index (χ1) is 13.3. The van der Waals surface area contributed by atoms with E-state index in [9.17, 15) is 19.1 Å². The van der Waals surface area contributed by atoms with Crippen molar-refractivity contribution in [1.29, 1.82) is 0 Å². The maximum Gasteiger partial charge on any atom is 0.332 e. The Morgan fingerprint density at radius 3 is 2.50 bits per heavy atom. The predicted octanol–water partition coefficient (Wildman–Crippen LogP) is 0.727. The van der Waals surface area contributed by atoms with Gasteiger partial charge in [-0.2, -0.15) is 0 Å². The molecule has 2 N–H and O–H groups in total. The lowest BCUT2D eigenvalue weighted by Gasteiger charge is -2.46. The molecular weight excluding hydrogens is 373 g/mol. The molecule has 0 bridgehead atoms. The van der Waals surface area contributed by atoms with Gasteiger partial charge in [0.2, 0.25) is 5.91 Å². The Bertz CT molecular complexity index is 669. The first-order valence-corrected chi connectivity index (χ1v) is 8.86. The summed E-state index contributed by atoms with van der Waals surface area (Å²) < 4.78 is 34.0. The Kier molecular flexibility index (Phi) is 7.88. The SMILES string of the molecule is COCC(=O)NC[C@]1(O)C[C@H](c2ccc(F)cc2)O[C@H](C)[C@H]1OC(=O)COC. The van der Waals surface area contributed by atoms with Crippen LogP contribution in [0.1, 0.15) is 25.0 Å². The van der Waals surface area contributed by atoms with Crippen molar-refractivity contribution in [2.75, 3.05) is 34.0 Å². The number of nitrogens with one attached hydrogen (secondary N) is 1. The second-order valence-electron chi connectivity index (χ2n) is 6.74. The van der Waals surface area contributed by atoms with Gasteiger partial charge in [0.15, 0.2) is 6.10 Å². The molecule has 1 aliphatic heterocycles. The van der Waals surface area contributed by atoms with Crippen LogP contribution in [0.3, 0.4) is 0 Å². The van der Waals surface area contributed by atoms with Crippen LogP contribution in [0.25, 0.3) is 0 Å². The number of hydrogen-bond donors (Lipinski definition) is 2. The highest BCUT2D eigenvalue weighted by Crippen LogP contribution is 2.39. The summed E-state index contributed by atoms with van der Waals surface area (Å²) in [4.78, 5) is 23.7. The molecule has 9 heteroatoms. The lowest BCUT2D eigenvalue weighted by molar-refractivity contribution is -0.228. The summed E-state index contributed by atoms with van der Waals surface area (Å²) in [5, 5.41) is 13.9. The average molecular weight is 399 g/mol. The van der Waals surface area contributed by atoms with Gasteiger partial charge in [-0.1, -0.05) is 12.1 Å². The molecule has 1 aromatic carbocycles. The molecule has 1 fully saturated rings. The number of halogens is 1. The lowest BCUT2D eigenvalue weighted by Crippen LogP contribution is -2.61. The second kappa shape index (κ2) is 9.92. The summed E-state index contributed by atoms with van der Waals surface area (Å²) >= 11 is 0. The zero-order valence-corrected chi connectivity index (χ0v) is 16.1. The number of methoxy groups -OCH3 is 2. The van der Waals surface area contributed by atoms with E-state index in [4.69, 9.17) is 18.9 Å². The van der Waals surface area contributed by atoms with Crippen LogP contribution in [0.5, 0.6) is 0 Å². The highest BCUT2D eigenvalue weighted by molar-refractivity contribution is 5.77. The molecule has 2 rings (SSSR count). The van der Waals surface area contributed by atoms with Gasteiger partial charge in [0, 0.05) is 20.6 Å². The molecule has 0 aromatic heterocycles. The topological polar surface area (TPSA) is 103 Å². The van der Waals surface area contributed by atoms with Crippen LogP contribution in [0.15, 0.2) is 24.3 Å². The van der Waals surface area contributed by atoms with Crippen molar-refractivity contribution in [3.63, 3.8) is 0 Å². The van der Waals surface area contributed by atoms with Gasteiger partial charge < -0.3 is 29.4 Å². The van der Waals surface area contributed by atoms with Crippen LogP contribution >= 0.6 is 0 Å². The third-order valence-corrected chi connectivity index (χ3v) is 4.50. The smallest absolute Gasteiger partial charge is 0.332 e. The number of carbonyl (C=O) groups is 2. The van der Waals surface area contributed by atoms with Crippen LogP contribution < -0.4 is 5.32 Å². The van der Waals surface area contributed by atoms with Crippen molar-refractivity contribution in [1.82, 2.24) is 5.32 Å². The highest BCUT2D eigenvalue weighted by atomic mass is 19.1. The molecule has 0 radical (unpaired) electrons. The fourth-order valence-corrected chi connectivity index (χ4v) is 3.23. The molecule has 156 valence electrons. The minimum atomic E-state index is -1.61. The quantitative estimate of drug-likeness (QED) is 0.621. The normalized spacial score (nSPS) is 27.2. The monoisotopic (exact) mass is 399 g/mol. The van der Waals surface area contributed by atoms with Gasteiger partial charge in [0.1, 0.15) is 24.6 Å². The van der Waals surface area contributed by atoms with Gasteiger partial charge in [-0.25, -0.2) is 9.18 Å². The Morgan fingerprint density at radius 1 is 1.25 bits per heavy atom. The summed E-state index contributed by atoms with van der Waals surface area (Å²) in [6.07, 6.45) is -2.26. The largest absolute Gasteiger partial charge is 0.455 e. The number of carbonyl (C=O) groups excluding carboxylic acids is 2. The standard InChI is InChI=1S/C19H26FNO7/c1-12-18(28-17(23)10-26-3)19(24,11-21-16(22)9-25-2)8-15(27-12)13-4-6-14(20)7-5-13/h4-7,12,15,18,24H,8-11H2,1-3H3,(H,21,22)/t12-,15-,18-,19-/m1/s1. The summed E-state index contributed by atoms with van der Waals surface area (Å²) in [7, 11) is 2.73. The van der Waals surface area contributed by atoms with Crippen LogP contribution in [0.4, 0.5) is 4.39 Å². The molecule has 1 aliphatic rings. The fourth-order valence-electron chi connectivity index (χ4n) is 3.23. The Balaban J connectivity index is 2.22. The lowest BCUT2D eigenvalue weighted by atomic mass is 9.82. The van der Waals surface area contributed by atoms with Crippen molar-refractivity contribution in [3.05, 3.63) is 35.6 Å². The highest BCUT2D eigenvalue weighted by Gasteiger charge is 2.50. The molecular formula is C19H26FNO7. The van der Waals surface area contributed by atoms with Crippen molar-refractivity contribution < 1.29 is 38.0 Å². The van der Waals surface area contributed by atoms with E-state index in [0.717, 1.165) is 0 Å². The molecule has 0 aliphatic carbocycles. The Labute approximate surface area is 162 Å². The van der Waals surface area contributed by atoms with Gasteiger partial charge in [-0.15, -0.1) is 0 Å². The van der Waals surface area contributed by atoms with Crippen molar-refractivity contribution in [2.45, 2.75) is 37.3 Å². The van der Waals surface area contributed by atoms with Crippen molar-refractivity contribution >= 4 is 11.9 Å². The zero-order chi connectivity index (χ0) is 20.7. The van der Waals surface area contributed by atoms with Gasteiger partial charge in [-0.05, 0) is 24.6 Å². The number of ether oxygens (including phenoxy) is 4. The van der Waals surface area contributed by atoms with E-state index in [0.29, 0.717) is 5.56 Å². The van der Waals surface area contributed by atoms with Crippen LogP contribution in [0, 0.1) is 5.82 Å². The number of hydrogen-bond acceptors (Lipinski definition) is 7. The first-order valence-electron chi connectivity index (χ1n) is 8.86. The van der Waals surface area contributed by atoms with Crippen LogP contribution in [-0.4, -0.2) is 68.8 Å². The molecule has 1 heterocycles. The van der Waals surface area contributed by atoms with E-state index < -0.39 is 35.8 Å². The van der Waals surface area contributed by atoms with Crippen molar-refractivity contribution in [2.24, 2.45) is 0 Å². The van der Waals surface area contributed by atoms with Crippen LogP contribution in [0.2, 0.25) is 0 Å². The number of aliphatic hydroxyl groups is 1. The first kappa shape index (κ1) is 22.2. The van der Waals surface area contributed by atoms with E-state index in [1.54, 1.807) is 19.1 Å². The zero-order valence-electron chi connectivity index (χ0n) is 16.1. The van der Waals surface area contributed by atoms with Gasteiger partial charge in [0.25, 0.3) is 0 Å². The Morgan fingerprint density at radius 2 is 1.89 bits per heavy atom. The molecule has 8 nitrogen and oxygen atoms in total. The van der Waals surface area contributed by atoms with E-state index in [1.165, 1.54) is 26.4 Å². The van der Waals surface area contributed by atoms with Crippen molar-refractivity contribution in [3.8, 4) is 0 Å². The summed E-state index contributed by atoms with van der Waals surface area (Å²) in [6.45, 7) is 1.03. The molecule has 0 unspecified atom stereocenters. The van der Waals surface area contributed by atoms with Gasteiger partial charge in [-0.3, -0.25) is 4.79 Å². The number of rotatable bonds is 8. The number of benzene rings is 1. The molecule has 28 heavy (non-hydrogen) atoms. The van der Waals surface area contributed by atoms with Gasteiger partial charge in [0.05, 0.1) is 18.8 Å². The molecule has 4 atom stereocenters. The van der Waals surface area contributed by atoms with E-state index >= 15 is 0 Å². The minimum Gasteiger partial charge on any atom is -0.455 e. The number of amides is 1. The third kappa shape index (κ3) is 5.71. The Hall–Kier alpha value is -2.07. The molecule has 1 amide bonds. The number of esters is 1. The summed E-state index contributed by atoms with van der Waals surface area (Å²) in [5.74, 6) is -1.47. The van der Waals surface area contributed by atoms with E-state index in [1.807, 2.05) is 0 Å². The van der Waals surface area contributed by atoms with Gasteiger partial charge >= 0.3 is 5.97 Å². The third-order valence-electron chi connectivity index (χ3n) is 4.50. The van der Waals surface area contributed by atoms with E-state index in [2.05, 4.69) is 5.32 Å². The average Bonchev–Trinajstić information content (AvgIpc) is 2.64.